The van der Waals surface area contributed by atoms with Crippen molar-refractivity contribution < 1.29 is 4.79 Å². The molecule has 1 heterocycles. The van der Waals surface area contributed by atoms with Crippen LogP contribution in [-0.2, 0) is 6.54 Å². The summed E-state index contributed by atoms with van der Waals surface area (Å²) in [5, 5.41) is 6.40. The molecule has 0 atom stereocenters. The van der Waals surface area contributed by atoms with Crippen molar-refractivity contribution in [3.8, 4) is 0 Å². The maximum Gasteiger partial charge on any atom is 0.251 e. The van der Waals surface area contributed by atoms with E-state index in [4.69, 9.17) is 0 Å². The fourth-order valence-corrected chi connectivity index (χ4v) is 3.07. The lowest BCUT2D eigenvalue weighted by atomic mass is 10.1. The van der Waals surface area contributed by atoms with E-state index >= 15 is 0 Å². The van der Waals surface area contributed by atoms with Crippen molar-refractivity contribution in [2.75, 3.05) is 18.4 Å². The number of carbonyl (C=O) groups excluding carboxylic acids is 1. The number of benzene rings is 2. The Morgan fingerprint density at radius 1 is 1.08 bits per heavy atom. The molecular formula is C21H26N4O. The van der Waals surface area contributed by atoms with Gasteiger partial charge in [0, 0.05) is 25.2 Å². The van der Waals surface area contributed by atoms with E-state index in [9.17, 15) is 4.79 Å². The Kier molecular flexibility index (Phi) is 5.89. The maximum absolute atomic E-state index is 12.2. The summed E-state index contributed by atoms with van der Waals surface area (Å²) in [5.74, 6) is 0.889. The molecule has 0 fully saturated rings. The van der Waals surface area contributed by atoms with Crippen LogP contribution in [-0.4, -0.2) is 28.5 Å². The first-order chi connectivity index (χ1) is 12.7. The van der Waals surface area contributed by atoms with Crippen molar-refractivity contribution in [1.29, 1.82) is 0 Å². The summed E-state index contributed by atoms with van der Waals surface area (Å²) < 4.78 is 2.22. The summed E-state index contributed by atoms with van der Waals surface area (Å²) in [4.78, 5) is 16.9. The highest BCUT2D eigenvalue weighted by Crippen LogP contribution is 2.19. The number of rotatable bonds is 8. The highest BCUT2D eigenvalue weighted by Gasteiger charge is 2.09. The molecular weight excluding hydrogens is 324 g/mol. The van der Waals surface area contributed by atoms with Crippen LogP contribution >= 0.6 is 0 Å². The van der Waals surface area contributed by atoms with Crippen LogP contribution in [0.5, 0.6) is 0 Å². The topological polar surface area (TPSA) is 59.0 Å². The van der Waals surface area contributed by atoms with Crippen molar-refractivity contribution >= 4 is 22.9 Å². The second kappa shape index (κ2) is 8.52. The van der Waals surface area contributed by atoms with E-state index in [1.54, 1.807) is 0 Å². The monoisotopic (exact) mass is 350 g/mol. The number of nitrogens with zero attached hydrogens (tertiary/aromatic N) is 2. The zero-order valence-corrected chi connectivity index (χ0v) is 15.5. The summed E-state index contributed by atoms with van der Waals surface area (Å²) in [6.45, 7) is 6.45. The fraction of sp³-hybridized carbons (Fsp3) is 0.333. The zero-order chi connectivity index (χ0) is 18.4. The highest BCUT2D eigenvalue weighted by atomic mass is 16.1. The van der Waals surface area contributed by atoms with Crippen LogP contribution in [0.15, 0.2) is 48.5 Å². The molecule has 5 nitrogen and oxygen atoms in total. The second-order valence-corrected chi connectivity index (χ2v) is 6.43. The van der Waals surface area contributed by atoms with E-state index in [0.29, 0.717) is 6.54 Å². The average Bonchev–Trinajstić information content (AvgIpc) is 3.00. The van der Waals surface area contributed by atoms with Crippen LogP contribution in [0.4, 0.5) is 5.95 Å². The first kappa shape index (κ1) is 18.0. The molecule has 0 saturated heterocycles. The van der Waals surface area contributed by atoms with Gasteiger partial charge in [-0.25, -0.2) is 4.98 Å². The second-order valence-electron chi connectivity index (χ2n) is 6.43. The van der Waals surface area contributed by atoms with Crippen LogP contribution in [0.1, 0.15) is 35.7 Å². The number of aromatic nitrogens is 2. The average molecular weight is 350 g/mol. The quantitative estimate of drug-likeness (QED) is 0.604. The van der Waals surface area contributed by atoms with Crippen molar-refractivity contribution in [2.24, 2.45) is 0 Å². The third-order valence-corrected chi connectivity index (χ3v) is 4.41. The SMILES string of the molecule is CCCn1c(NCCCNC(=O)c2ccccc2C)nc2ccccc21. The van der Waals surface area contributed by atoms with Gasteiger partial charge in [0.15, 0.2) is 0 Å². The number of hydrogen-bond acceptors (Lipinski definition) is 3. The Morgan fingerprint density at radius 3 is 2.65 bits per heavy atom. The third-order valence-electron chi connectivity index (χ3n) is 4.41. The van der Waals surface area contributed by atoms with Crippen molar-refractivity contribution in [2.45, 2.75) is 33.2 Å². The summed E-state index contributed by atoms with van der Waals surface area (Å²) in [6, 6.07) is 15.8. The lowest BCUT2D eigenvalue weighted by Gasteiger charge is -2.10. The van der Waals surface area contributed by atoms with Crippen LogP contribution < -0.4 is 10.6 Å². The fourth-order valence-electron chi connectivity index (χ4n) is 3.07. The Balaban J connectivity index is 1.52. The summed E-state index contributed by atoms with van der Waals surface area (Å²) >= 11 is 0. The van der Waals surface area contributed by atoms with Gasteiger partial charge in [0.2, 0.25) is 5.95 Å². The molecule has 1 amide bonds. The number of anilines is 1. The van der Waals surface area contributed by atoms with E-state index in [1.165, 1.54) is 0 Å². The third kappa shape index (κ3) is 4.04. The van der Waals surface area contributed by atoms with Crippen LogP contribution in [0.3, 0.4) is 0 Å². The van der Waals surface area contributed by atoms with Gasteiger partial charge in [0.1, 0.15) is 0 Å². The van der Waals surface area contributed by atoms with E-state index in [2.05, 4.69) is 33.2 Å². The minimum absolute atomic E-state index is 0.0127. The number of hydrogen-bond donors (Lipinski definition) is 2. The Morgan fingerprint density at radius 2 is 1.85 bits per heavy atom. The van der Waals surface area contributed by atoms with Gasteiger partial charge >= 0.3 is 0 Å². The summed E-state index contributed by atoms with van der Waals surface area (Å²) in [7, 11) is 0. The predicted molar refractivity (Wildman–Crippen MR) is 107 cm³/mol. The normalized spacial score (nSPS) is 10.8. The first-order valence-corrected chi connectivity index (χ1v) is 9.23. The minimum atomic E-state index is -0.0127. The molecule has 26 heavy (non-hydrogen) atoms. The molecule has 2 N–H and O–H groups in total. The first-order valence-electron chi connectivity index (χ1n) is 9.23. The molecule has 2 aromatic carbocycles. The molecule has 5 heteroatoms. The molecule has 1 aromatic heterocycles. The zero-order valence-electron chi connectivity index (χ0n) is 15.5. The van der Waals surface area contributed by atoms with Crippen LogP contribution in [0, 0.1) is 6.92 Å². The highest BCUT2D eigenvalue weighted by molar-refractivity contribution is 5.95. The molecule has 0 aliphatic heterocycles. The van der Waals surface area contributed by atoms with Gasteiger partial charge in [-0.1, -0.05) is 37.3 Å². The number of amides is 1. The summed E-state index contributed by atoms with van der Waals surface area (Å²) in [5.41, 5.74) is 3.91. The lowest BCUT2D eigenvalue weighted by molar-refractivity contribution is 0.0953. The van der Waals surface area contributed by atoms with Gasteiger partial charge in [-0.2, -0.15) is 0 Å². The predicted octanol–water partition coefficient (Wildman–Crippen LogP) is 3.99. The van der Waals surface area contributed by atoms with Gasteiger partial charge in [0.05, 0.1) is 11.0 Å². The molecule has 3 aromatic rings. The minimum Gasteiger partial charge on any atom is -0.356 e. The number of para-hydroxylation sites is 2. The number of carbonyl (C=O) groups is 1. The molecule has 0 radical (unpaired) electrons. The maximum atomic E-state index is 12.2. The van der Waals surface area contributed by atoms with Gasteiger partial charge in [-0.15, -0.1) is 0 Å². The van der Waals surface area contributed by atoms with E-state index in [-0.39, 0.29) is 5.91 Å². The van der Waals surface area contributed by atoms with Crippen molar-refractivity contribution in [3.63, 3.8) is 0 Å². The van der Waals surface area contributed by atoms with Crippen LogP contribution in [0.2, 0.25) is 0 Å². The van der Waals surface area contributed by atoms with Gasteiger partial charge in [0.25, 0.3) is 5.91 Å². The number of fused-ring (bicyclic) bond motifs is 1. The smallest absolute Gasteiger partial charge is 0.251 e. The summed E-state index contributed by atoms with van der Waals surface area (Å²) in [6.07, 6.45) is 1.90. The van der Waals surface area contributed by atoms with E-state index in [1.807, 2.05) is 49.4 Å². The Hall–Kier alpha value is -2.82. The number of aryl methyl sites for hydroxylation is 2. The lowest BCUT2D eigenvalue weighted by Crippen LogP contribution is -2.26. The molecule has 0 aliphatic rings. The van der Waals surface area contributed by atoms with Crippen molar-refractivity contribution in [1.82, 2.24) is 14.9 Å². The van der Waals surface area contributed by atoms with Crippen molar-refractivity contribution in [3.05, 3.63) is 59.7 Å². The van der Waals surface area contributed by atoms with Crippen LogP contribution in [0.25, 0.3) is 11.0 Å². The standard InChI is InChI=1S/C21H26N4O/c1-3-15-25-19-12-7-6-11-18(19)24-21(25)23-14-8-13-22-20(26)17-10-5-4-9-16(17)2/h4-7,9-12H,3,8,13-15H2,1-2H3,(H,22,26)(H,23,24). The molecule has 136 valence electrons. The largest absolute Gasteiger partial charge is 0.356 e. The Labute approximate surface area is 154 Å². The van der Waals surface area contributed by atoms with Gasteiger partial charge in [-0.3, -0.25) is 4.79 Å². The molecule has 0 saturated carbocycles. The number of nitrogens with one attached hydrogen (secondary N) is 2. The van der Waals surface area contributed by atoms with Gasteiger partial charge in [-0.05, 0) is 43.5 Å². The van der Waals surface area contributed by atoms with Gasteiger partial charge < -0.3 is 15.2 Å². The molecule has 0 aliphatic carbocycles. The number of imidazole rings is 1. The van der Waals surface area contributed by atoms with E-state index < -0.39 is 0 Å². The Bertz CT molecular complexity index is 885. The molecule has 0 spiro atoms. The molecule has 0 unspecified atom stereocenters. The van der Waals surface area contributed by atoms with E-state index in [0.717, 1.165) is 54.0 Å². The molecule has 3 rings (SSSR count). The molecule has 0 bridgehead atoms.